The SMILES string of the molecule is C[C@@H]1CN(C(=O)c2ccc3cc(-c4n[nH]c5c4CCC(C)(C)C5)[nH]c3c2)CCN1CC1CCN(c2ccc(C3CCC(=O)NC3=O)cn2)CC1. The molecule has 262 valence electrons. The van der Waals surface area contributed by atoms with Gasteiger partial charge in [-0.05, 0) is 86.6 Å². The maximum Gasteiger partial charge on any atom is 0.254 e. The summed E-state index contributed by atoms with van der Waals surface area (Å²) in [5, 5.41) is 11.5. The number of aromatic amines is 2. The summed E-state index contributed by atoms with van der Waals surface area (Å²) in [5.41, 5.74) is 7.44. The molecule has 3 N–H and O–H groups in total. The molecular weight excluding hydrogens is 628 g/mol. The van der Waals surface area contributed by atoms with Crippen molar-refractivity contribution in [1.29, 1.82) is 0 Å². The molecule has 1 aliphatic carbocycles. The fourth-order valence-electron chi connectivity index (χ4n) is 8.57. The molecule has 11 nitrogen and oxygen atoms in total. The zero-order valence-corrected chi connectivity index (χ0v) is 29.4. The summed E-state index contributed by atoms with van der Waals surface area (Å²) in [6, 6.07) is 12.5. The van der Waals surface area contributed by atoms with Gasteiger partial charge in [0, 0.05) is 85.7 Å². The standard InChI is InChI=1S/C39H48N8O3/c1-24-22-47(38(50)27-5-4-26-18-32(41-31(26)19-27)36-30-10-13-39(2,3)20-33(30)43-44-36)17-16-46(24)23-25-11-14-45(15-12-25)34-8-6-28(21-40-34)29-7-9-35(48)42-37(29)49/h4-6,8,18-19,21,24-25,29,41H,7,9-17,20,22-23H2,1-3H3,(H,43,44)(H,42,48,49)/t24-,29?/m1/s1. The van der Waals surface area contributed by atoms with Crippen LogP contribution >= 0.6 is 0 Å². The zero-order valence-electron chi connectivity index (χ0n) is 29.4. The van der Waals surface area contributed by atoms with Crippen molar-refractivity contribution >= 4 is 34.4 Å². The van der Waals surface area contributed by atoms with Crippen molar-refractivity contribution in [2.45, 2.75) is 77.7 Å². The molecule has 2 atom stereocenters. The van der Waals surface area contributed by atoms with E-state index in [-0.39, 0.29) is 23.6 Å². The number of carbonyl (C=O) groups is 3. The summed E-state index contributed by atoms with van der Waals surface area (Å²) in [6.45, 7) is 12.2. The number of pyridine rings is 1. The van der Waals surface area contributed by atoms with Crippen molar-refractivity contribution < 1.29 is 14.4 Å². The van der Waals surface area contributed by atoms with Gasteiger partial charge in [0.2, 0.25) is 11.8 Å². The number of imide groups is 1. The third kappa shape index (κ3) is 6.43. The first-order chi connectivity index (χ1) is 24.1. The smallest absolute Gasteiger partial charge is 0.254 e. The van der Waals surface area contributed by atoms with Gasteiger partial charge in [0.1, 0.15) is 11.5 Å². The Morgan fingerprint density at radius 2 is 1.84 bits per heavy atom. The zero-order chi connectivity index (χ0) is 34.6. The third-order valence-electron chi connectivity index (χ3n) is 11.7. The van der Waals surface area contributed by atoms with Gasteiger partial charge in [-0.25, -0.2) is 4.98 Å². The van der Waals surface area contributed by atoms with E-state index in [9.17, 15) is 14.4 Å². The molecule has 0 spiro atoms. The summed E-state index contributed by atoms with van der Waals surface area (Å²) in [5.74, 6) is 0.916. The molecule has 3 fully saturated rings. The van der Waals surface area contributed by atoms with Crippen LogP contribution in [-0.4, -0.2) is 93.0 Å². The number of benzene rings is 1. The highest BCUT2D eigenvalue weighted by atomic mass is 16.2. The molecule has 50 heavy (non-hydrogen) atoms. The van der Waals surface area contributed by atoms with Crippen LogP contribution in [0.3, 0.4) is 0 Å². The number of aromatic nitrogens is 4. The van der Waals surface area contributed by atoms with Gasteiger partial charge in [-0.1, -0.05) is 26.0 Å². The lowest BCUT2D eigenvalue weighted by Gasteiger charge is -2.42. The maximum absolute atomic E-state index is 13.7. The van der Waals surface area contributed by atoms with E-state index in [1.165, 1.54) is 11.3 Å². The number of H-pyrrole nitrogens is 2. The second-order valence-electron chi connectivity index (χ2n) is 15.8. The highest BCUT2D eigenvalue weighted by Gasteiger charge is 2.32. The molecule has 3 aliphatic heterocycles. The van der Waals surface area contributed by atoms with Gasteiger partial charge < -0.3 is 14.8 Å². The molecule has 1 unspecified atom stereocenters. The van der Waals surface area contributed by atoms with Crippen molar-refractivity contribution in [2.24, 2.45) is 11.3 Å². The first kappa shape index (κ1) is 32.7. The Labute approximate surface area is 293 Å². The van der Waals surface area contributed by atoms with E-state index in [1.54, 1.807) is 6.20 Å². The highest BCUT2D eigenvalue weighted by molar-refractivity contribution is 6.01. The normalized spacial score (nSPS) is 23.3. The predicted octanol–water partition coefficient (Wildman–Crippen LogP) is 5.05. The lowest BCUT2D eigenvalue weighted by Crippen LogP contribution is -2.55. The highest BCUT2D eigenvalue weighted by Crippen LogP contribution is 2.38. The minimum atomic E-state index is -0.306. The van der Waals surface area contributed by atoms with Crippen LogP contribution < -0.4 is 10.2 Å². The van der Waals surface area contributed by atoms with Crippen LogP contribution in [0.15, 0.2) is 42.6 Å². The monoisotopic (exact) mass is 676 g/mol. The Kier molecular flexibility index (Phi) is 8.49. The summed E-state index contributed by atoms with van der Waals surface area (Å²) in [4.78, 5) is 52.6. The molecule has 3 saturated heterocycles. The van der Waals surface area contributed by atoms with Crippen molar-refractivity contribution in [2.75, 3.05) is 44.2 Å². The van der Waals surface area contributed by atoms with Crippen LogP contribution in [0.5, 0.6) is 0 Å². The number of hydrogen-bond acceptors (Lipinski definition) is 7. The first-order valence-electron chi connectivity index (χ1n) is 18.4. The summed E-state index contributed by atoms with van der Waals surface area (Å²) in [6.07, 6.45) is 8.09. The Morgan fingerprint density at radius 1 is 1.00 bits per heavy atom. The lowest BCUT2D eigenvalue weighted by atomic mass is 9.76. The second kappa shape index (κ2) is 13.0. The van der Waals surface area contributed by atoms with Crippen LogP contribution in [-0.2, 0) is 22.4 Å². The Morgan fingerprint density at radius 3 is 2.60 bits per heavy atom. The lowest BCUT2D eigenvalue weighted by molar-refractivity contribution is -0.134. The van der Waals surface area contributed by atoms with Crippen LogP contribution in [0.4, 0.5) is 5.82 Å². The number of carbonyl (C=O) groups excluding carboxylic acids is 3. The van der Waals surface area contributed by atoms with Gasteiger partial charge in [0.25, 0.3) is 5.91 Å². The number of amides is 3. The van der Waals surface area contributed by atoms with E-state index in [4.69, 9.17) is 5.10 Å². The van der Waals surface area contributed by atoms with Crippen molar-refractivity contribution in [1.82, 2.24) is 35.3 Å². The molecular formula is C39H48N8O3. The molecule has 0 saturated carbocycles. The molecule has 6 heterocycles. The number of anilines is 1. The van der Waals surface area contributed by atoms with Crippen LogP contribution in [0.25, 0.3) is 22.3 Å². The predicted molar refractivity (Wildman–Crippen MR) is 193 cm³/mol. The van der Waals surface area contributed by atoms with E-state index in [1.807, 2.05) is 29.2 Å². The number of nitrogens with one attached hydrogen (secondary N) is 3. The Hall–Kier alpha value is -4.51. The Balaban J connectivity index is 0.838. The Bertz CT molecular complexity index is 1920. The van der Waals surface area contributed by atoms with Gasteiger partial charge in [0.15, 0.2) is 0 Å². The van der Waals surface area contributed by atoms with Crippen LogP contribution in [0.2, 0.25) is 0 Å². The fraction of sp³-hybridized carbons (Fsp3) is 0.513. The summed E-state index contributed by atoms with van der Waals surface area (Å²) < 4.78 is 0. The average molecular weight is 677 g/mol. The number of rotatable bonds is 6. The van der Waals surface area contributed by atoms with Gasteiger partial charge in [-0.3, -0.25) is 29.7 Å². The topological polar surface area (TPSA) is 130 Å². The minimum absolute atomic E-state index is 0.0957. The third-order valence-corrected chi connectivity index (χ3v) is 11.7. The molecule has 8 rings (SSSR count). The first-order valence-corrected chi connectivity index (χ1v) is 18.4. The number of piperazine rings is 1. The second-order valence-corrected chi connectivity index (χ2v) is 15.8. The average Bonchev–Trinajstić information content (AvgIpc) is 3.72. The molecule has 0 bridgehead atoms. The number of piperidine rings is 2. The van der Waals surface area contributed by atoms with Gasteiger partial charge in [-0.15, -0.1) is 0 Å². The van der Waals surface area contributed by atoms with E-state index < -0.39 is 0 Å². The van der Waals surface area contributed by atoms with Crippen molar-refractivity contribution in [3.8, 4) is 11.4 Å². The molecule has 3 aromatic heterocycles. The maximum atomic E-state index is 13.7. The molecule has 4 aliphatic rings. The van der Waals surface area contributed by atoms with Crippen molar-refractivity contribution in [3.05, 3.63) is 65.0 Å². The van der Waals surface area contributed by atoms with Crippen LogP contribution in [0, 0.1) is 11.3 Å². The summed E-state index contributed by atoms with van der Waals surface area (Å²) in [7, 11) is 0. The van der Waals surface area contributed by atoms with Gasteiger partial charge in [-0.2, -0.15) is 5.10 Å². The van der Waals surface area contributed by atoms with Gasteiger partial charge >= 0.3 is 0 Å². The number of fused-ring (bicyclic) bond motifs is 2. The van der Waals surface area contributed by atoms with Crippen LogP contribution in [0.1, 0.15) is 86.0 Å². The van der Waals surface area contributed by atoms with E-state index in [0.717, 1.165) is 111 Å². The quantitative estimate of drug-likeness (QED) is 0.244. The minimum Gasteiger partial charge on any atom is -0.357 e. The fourth-order valence-corrected chi connectivity index (χ4v) is 8.57. The number of nitrogens with zero attached hydrogens (tertiary/aromatic N) is 5. The largest absolute Gasteiger partial charge is 0.357 e. The molecule has 1 aromatic carbocycles. The molecule has 11 heteroatoms. The van der Waals surface area contributed by atoms with E-state index in [0.29, 0.717) is 30.2 Å². The molecule has 3 amide bonds. The van der Waals surface area contributed by atoms with Gasteiger partial charge in [0.05, 0.1) is 11.6 Å². The van der Waals surface area contributed by atoms with E-state index in [2.05, 4.69) is 63.1 Å². The van der Waals surface area contributed by atoms with E-state index >= 15 is 0 Å². The molecule has 0 radical (unpaired) electrons. The number of hydrogen-bond donors (Lipinski definition) is 3. The summed E-state index contributed by atoms with van der Waals surface area (Å²) >= 11 is 0. The molecule has 4 aromatic rings. The van der Waals surface area contributed by atoms with Crippen molar-refractivity contribution in [3.63, 3.8) is 0 Å².